The molecule has 1 heterocycles. The molecule has 1 saturated heterocycles. The molecule has 110 valence electrons. The van der Waals surface area contributed by atoms with Crippen LogP contribution >= 0.6 is 0 Å². The van der Waals surface area contributed by atoms with Gasteiger partial charge >= 0.3 is 0 Å². The minimum absolute atomic E-state index is 0.0128. The normalized spacial score (nSPS) is 19.2. The molecule has 1 aliphatic rings. The topological polar surface area (TPSA) is 70.2 Å². The standard InChI is InChI=1S/C14H27N3O2/c1-14(2,3)13(19)17-9-8-16-12(18)5-4-11-6-7-15-10-11/h11,15H,4-10H2,1-3H3,(H,16,18)(H,17,19). The van der Waals surface area contributed by atoms with Crippen molar-refractivity contribution < 1.29 is 9.59 Å². The third-order valence-corrected chi connectivity index (χ3v) is 3.36. The van der Waals surface area contributed by atoms with Gasteiger partial charge in [0.25, 0.3) is 0 Å². The summed E-state index contributed by atoms with van der Waals surface area (Å²) in [6, 6.07) is 0. The highest BCUT2D eigenvalue weighted by molar-refractivity contribution is 5.81. The van der Waals surface area contributed by atoms with Gasteiger partial charge in [0.2, 0.25) is 11.8 Å². The van der Waals surface area contributed by atoms with E-state index >= 15 is 0 Å². The molecule has 3 N–H and O–H groups in total. The third-order valence-electron chi connectivity index (χ3n) is 3.36. The molecule has 0 aromatic carbocycles. The quantitative estimate of drug-likeness (QED) is 0.620. The summed E-state index contributed by atoms with van der Waals surface area (Å²) >= 11 is 0. The Hall–Kier alpha value is -1.10. The lowest BCUT2D eigenvalue weighted by molar-refractivity contribution is -0.128. The molecular weight excluding hydrogens is 242 g/mol. The van der Waals surface area contributed by atoms with E-state index in [2.05, 4.69) is 16.0 Å². The SMILES string of the molecule is CC(C)(C)C(=O)NCCNC(=O)CCC1CCNC1. The molecule has 1 aliphatic heterocycles. The summed E-state index contributed by atoms with van der Waals surface area (Å²) in [5.41, 5.74) is -0.376. The van der Waals surface area contributed by atoms with Gasteiger partial charge in [-0.1, -0.05) is 20.8 Å². The van der Waals surface area contributed by atoms with Gasteiger partial charge in [-0.15, -0.1) is 0 Å². The van der Waals surface area contributed by atoms with Crippen LogP contribution in [0, 0.1) is 11.3 Å². The second-order valence-corrected chi connectivity index (χ2v) is 6.25. The fourth-order valence-electron chi connectivity index (χ4n) is 2.03. The molecule has 0 bridgehead atoms. The molecule has 0 aromatic rings. The summed E-state index contributed by atoms with van der Waals surface area (Å²) in [5, 5.41) is 8.95. The summed E-state index contributed by atoms with van der Waals surface area (Å²) in [6.45, 7) is 8.72. The fraction of sp³-hybridized carbons (Fsp3) is 0.857. The fourth-order valence-corrected chi connectivity index (χ4v) is 2.03. The van der Waals surface area contributed by atoms with Gasteiger partial charge in [0.1, 0.15) is 0 Å². The van der Waals surface area contributed by atoms with Crippen LogP contribution in [0.25, 0.3) is 0 Å². The van der Waals surface area contributed by atoms with Crippen molar-refractivity contribution in [3.05, 3.63) is 0 Å². The van der Waals surface area contributed by atoms with E-state index in [-0.39, 0.29) is 17.2 Å². The van der Waals surface area contributed by atoms with E-state index in [4.69, 9.17) is 0 Å². The van der Waals surface area contributed by atoms with E-state index in [1.54, 1.807) is 0 Å². The van der Waals surface area contributed by atoms with Crippen LogP contribution in [-0.4, -0.2) is 38.0 Å². The van der Waals surface area contributed by atoms with Gasteiger partial charge in [-0.2, -0.15) is 0 Å². The van der Waals surface area contributed by atoms with Gasteiger partial charge in [-0.05, 0) is 31.8 Å². The number of amides is 2. The minimum atomic E-state index is -0.376. The van der Waals surface area contributed by atoms with Crippen LogP contribution in [0.1, 0.15) is 40.0 Å². The average molecular weight is 269 g/mol. The van der Waals surface area contributed by atoms with Gasteiger partial charge in [-0.25, -0.2) is 0 Å². The molecule has 0 aliphatic carbocycles. The van der Waals surface area contributed by atoms with Crippen molar-refractivity contribution >= 4 is 11.8 Å². The van der Waals surface area contributed by atoms with Crippen molar-refractivity contribution in [1.29, 1.82) is 0 Å². The molecule has 0 radical (unpaired) electrons. The Labute approximate surface area is 115 Å². The van der Waals surface area contributed by atoms with Gasteiger partial charge in [0.15, 0.2) is 0 Å². The van der Waals surface area contributed by atoms with Crippen LogP contribution in [0.3, 0.4) is 0 Å². The first-order chi connectivity index (χ1) is 8.89. The number of rotatable bonds is 6. The first-order valence-corrected chi connectivity index (χ1v) is 7.15. The Morgan fingerprint density at radius 3 is 2.47 bits per heavy atom. The van der Waals surface area contributed by atoms with Crippen LogP contribution in [0.15, 0.2) is 0 Å². The first-order valence-electron chi connectivity index (χ1n) is 7.15. The van der Waals surface area contributed by atoms with E-state index < -0.39 is 0 Å². The van der Waals surface area contributed by atoms with Crippen molar-refractivity contribution in [3.63, 3.8) is 0 Å². The largest absolute Gasteiger partial charge is 0.354 e. The molecule has 1 fully saturated rings. The van der Waals surface area contributed by atoms with E-state index in [1.165, 1.54) is 6.42 Å². The molecule has 1 unspecified atom stereocenters. The number of hydrogen-bond acceptors (Lipinski definition) is 3. The first kappa shape index (κ1) is 16.0. The molecule has 2 amide bonds. The second-order valence-electron chi connectivity index (χ2n) is 6.25. The Morgan fingerprint density at radius 1 is 1.21 bits per heavy atom. The summed E-state index contributed by atoms with van der Waals surface area (Å²) in [4.78, 5) is 23.2. The average Bonchev–Trinajstić information content (AvgIpc) is 2.83. The van der Waals surface area contributed by atoms with Crippen LogP contribution in [-0.2, 0) is 9.59 Å². The third kappa shape index (κ3) is 6.57. The lowest BCUT2D eigenvalue weighted by Gasteiger charge is -2.17. The van der Waals surface area contributed by atoms with Crippen LogP contribution in [0.5, 0.6) is 0 Å². The zero-order chi connectivity index (χ0) is 14.3. The molecule has 5 nitrogen and oxygen atoms in total. The zero-order valence-electron chi connectivity index (χ0n) is 12.3. The predicted molar refractivity (Wildman–Crippen MR) is 75.7 cm³/mol. The molecule has 1 rings (SSSR count). The Kier molecular flexibility index (Phi) is 6.28. The van der Waals surface area contributed by atoms with Crippen LogP contribution in [0.4, 0.5) is 0 Å². The van der Waals surface area contributed by atoms with Gasteiger partial charge in [-0.3, -0.25) is 9.59 Å². The lowest BCUT2D eigenvalue weighted by atomic mass is 9.96. The summed E-state index contributed by atoms with van der Waals surface area (Å²) in [7, 11) is 0. The molecular formula is C14H27N3O2. The van der Waals surface area contributed by atoms with Gasteiger partial charge in [0.05, 0.1) is 0 Å². The molecule has 0 spiro atoms. The predicted octanol–water partition coefficient (Wildman–Crippen LogP) is 0.655. The molecule has 5 heteroatoms. The van der Waals surface area contributed by atoms with Crippen molar-refractivity contribution in [2.45, 2.75) is 40.0 Å². The number of hydrogen-bond donors (Lipinski definition) is 3. The monoisotopic (exact) mass is 269 g/mol. The van der Waals surface area contributed by atoms with Crippen molar-refractivity contribution in [2.24, 2.45) is 11.3 Å². The molecule has 0 saturated carbocycles. The van der Waals surface area contributed by atoms with E-state index in [9.17, 15) is 9.59 Å². The zero-order valence-corrected chi connectivity index (χ0v) is 12.3. The Bertz CT molecular complexity index is 304. The number of carbonyl (C=O) groups is 2. The summed E-state index contributed by atoms with van der Waals surface area (Å²) in [5.74, 6) is 0.738. The maximum absolute atomic E-state index is 11.6. The summed E-state index contributed by atoms with van der Waals surface area (Å²) in [6.07, 6.45) is 2.71. The second kappa shape index (κ2) is 7.48. The molecule has 19 heavy (non-hydrogen) atoms. The highest BCUT2D eigenvalue weighted by Crippen LogP contribution is 2.14. The van der Waals surface area contributed by atoms with Crippen LogP contribution < -0.4 is 16.0 Å². The lowest BCUT2D eigenvalue weighted by Crippen LogP contribution is -2.39. The van der Waals surface area contributed by atoms with Crippen molar-refractivity contribution in [2.75, 3.05) is 26.2 Å². The Balaban J connectivity index is 2.02. The molecule has 1 atom stereocenters. The minimum Gasteiger partial charge on any atom is -0.354 e. The maximum atomic E-state index is 11.6. The van der Waals surface area contributed by atoms with Crippen LogP contribution in [0.2, 0.25) is 0 Å². The van der Waals surface area contributed by atoms with E-state index in [1.807, 2.05) is 20.8 Å². The molecule has 0 aromatic heterocycles. The number of carbonyl (C=O) groups excluding carboxylic acids is 2. The summed E-state index contributed by atoms with van der Waals surface area (Å²) < 4.78 is 0. The smallest absolute Gasteiger partial charge is 0.225 e. The van der Waals surface area contributed by atoms with E-state index in [0.717, 1.165) is 19.5 Å². The van der Waals surface area contributed by atoms with Crippen molar-refractivity contribution in [3.8, 4) is 0 Å². The van der Waals surface area contributed by atoms with Gasteiger partial charge < -0.3 is 16.0 Å². The van der Waals surface area contributed by atoms with Gasteiger partial charge in [0, 0.05) is 24.9 Å². The number of nitrogens with one attached hydrogen (secondary N) is 3. The highest BCUT2D eigenvalue weighted by atomic mass is 16.2. The Morgan fingerprint density at radius 2 is 1.89 bits per heavy atom. The van der Waals surface area contributed by atoms with E-state index in [0.29, 0.717) is 25.4 Å². The highest BCUT2D eigenvalue weighted by Gasteiger charge is 2.20. The maximum Gasteiger partial charge on any atom is 0.225 e. The van der Waals surface area contributed by atoms with Crippen molar-refractivity contribution in [1.82, 2.24) is 16.0 Å².